The molecule has 0 aliphatic carbocycles. The number of ether oxygens (including phenoxy) is 3. The van der Waals surface area contributed by atoms with Crippen LogP contribution in [0.2, 0.25) is 0 Å². The SMILES string of the molecule is COc1c2c(cc3c1[C@H](c1c(O)n(-c4ccc(I)cc4)c(=O)[nH]c1=O)N(C)CC3)OCO2. The summed E-state index contributed by atoms with van der Waals surface area (Å²) in [7, 11) is 3.39. The molecule has 5 rings (SSSR count). The van der Waals surface area contributed by atoms with Gasteiger partial charge in [0.05, 0.1) is 24.4 Å². The summed E-state index contributed by atoms with van der Waals surface area (Å²) in [6.45, 7) is 0.709. The minimum Gasteiger partial charge on any atom is -0.494 e. The van der Waals surface area contributed by atoms with Crippen molar-refractivity contribution in [3.05, 3.63) is 71.4 Å². The van der Waals surface area contributed by atoms with Crippen molar-refractivity contribution in [2.24, 2.45) is 0 Å². The van der Waals surface area contributed by atoms with E-state index in [0.717, 1.165) is 13.7 Å². The van der Waals surface area contributed by atoms with E-state index in [2.05, 4.69) is 27.6 Å². The Labute approximate surface area is 196 Å². The third-order valence-corrected chi connectivity index (χ3v) is 6.59. The Hall–Kier alpha value is -2.99. The molecule has 32 heavy (non-hydrogen) atoms. The number of aromatic hydroxyl groups is 1. The van der Waals surface area contributed by atoms with Gasteiger partial charge < -0.3 is 19.3 Å². The third-order valence-electron chi connectivity index (χ3n) is 5.87. The van der Waals surface area contributed by atoms with Gasteiger partial charge in [0.15, 0.2) is 11.5 Å². The first-order valence-electron chi connectivity index (χ1n) is 9.94. The van der Waals surface area contributed by atoms with Gasteiger partial charge in [-0.3, -0.25) is 14.7 Å². The summed E-state index contributed by atoms with van der Waals surface area (Å²) in [5.74, 6) is 1.10. The quantitative estimate of drug-likeness (QED) is 0.483. The van der Waals surface area contributed by atoms with Crippen LogP contribution >= 0.6 is 22.6 Å². The number of hydrogen-bond donors (Lipinski definition) is 2. The summed E-state index contributed by atoms with van der Waals surface area (Å²) in [6.07, 6.45) is 0.699. The Morgan fingerprint density at radius 3 is 2.66 bits per heavy atom. The maximum absolute atomic E-state index is 13.0. The van der Waals surface area contributed by atoms with Crippen molar-refractivity contribution >= 4 is 22.6 Å². The molecule has 0 saturated carbocycles. The van der Waals surface area contributed by atoms with Crippen LogP contribution in [0.5, 0.6) is 23.1 Å². The summed E-state index contributed by atoms with van der Waals surface area (Å²) in [5, 5.41) is 11.2. The number of likely N-dealkylation sites (N-methyl/N-ethyl adjacent to an activating group) is 1. The highest BCUT2D eigenvalue weighted by Gasteiger charge is 2.38. The van der Waals surface area contributed by atoms with Crippen LogP contribution in [-0.4, -0.2) is 47.1 Å². The molecule has 1 aromatic heterocycles. The molecule has 10 heteroatoms. The first-order chi connectivity index (χ1) is 15.4. The molecule has 2 aliphatic rings. The standard InChI is InChI=1S/C22H20IN3O6/c1-25-8-7-11-9-14-18(32-10-31-14)19(30-2)15(11)17(25)16-20(27)24-22(29)26(21(16)28)13-5-3-12(23)4-6-13/h3-6,9,17,28H,7-8,10H2,1-2H3,(H,24,27,29)/t17-/m1/s1. The lowest BCUT2D eigenvalue weighted by Crippen LogP contribution is -2.39. The Balaban J connectivity index is 1.78. The summed E-state index contributed by atoms with van der Waals surface area (Å²) >= 11 is 2.16. The fourth-order valence-electron chi connectivity index (χ4n) is 4.41. The van der Waals surface area contributed by atoms with E-state index in [4.69, 9.17) is 14.2 Å². The Morgan fingerprint density at radius 1 is 1.19 bits per heavy atom. The molecule has 0 bridgehead atoms. The van der Waals surface area contributed by atoms with Crippen LogP contribution in [0.1, 0.15) is 22.7 Å². The van der Waals surface area contributed by atoms with Gasteiger partial charge in [-0.2, -0.15) is 0 Å². The minimum absolute atomic E-state index is 0.0590. The largest absolute Gasteiger partial charge is 0.494 e. The molecule has 0 unspecified atom stereocenters. The molecule has 0 spiro atoms. The number of aromatic nitrogens is 2. The molecule has 2 aliphatic heterocycles. The number of methoxy groups -OCH3 is 1. The van der Waals surface area contributed by atoms with Crippen LogP contribution in [0, 0.1) is 3.57 Å². The maximum Gasteiger partial charge on any atom is 0.335 e. The van der Waals surface area contributed by atoms with E-state index in [1.54, 1.807) is 12.1 Å². The second kappa shape index (κ2) is 7.85. The van der Waals surface area contributed by atoms with Crippen molar-refractivity contribution in [2.45, 2.75) is 12.5 Å². The lowest BCUT2D eigenvalue weighted by atomic mass is 9.87. The van der Waals surface area contributed by atoms with Crippen LogP contribution in [0.3, 0.4) is 0 Å². The number of rotatable bonds is 3. The summed E-state index contributed by atoms with van der Waals surface area (Å²) in [4.78, 5) is 30.0. The van der Waals surface area contributed by atoms with Gasteiger partial charge >= 0.3 is 5.69 Å². The lowest BCUT2D eigenvalue weighted by Gasteiger charge is -2.35. The second-order valence-electron chi connectivity index (χ2n) is 7.66. The molecule has 0 radical (unpaired) electrons. The van der Waals surface area contributed by atoms with Gasteiger partial charge in [-0.15, -0.1) is 0 Å². The molecular formula is C22H20IN3O6. The van der Waals surface area contributed by atoms with Crippen molar-refractivity contribution in [3.63, 3.8) is 0 Å². The first-order valence-corrected chi connectivity index (χ1v) is 11.0. The zero-order chi connectivity index (χ0) is 22.6. The minimum atomic E-state index is -0.714. The molecule has 2 N–H and O–H groups in total. The van der Waals surface area contributed by atoms with E-state index in [1.165, 1.54) is 7.11 Å². The van der Waals surface area contributed by atoms with Gasteiger partial charge in [-0.05, 0) is 72.0 Å². The number of hydrogen-bond acceptors (Lipinski definition) is 7. The van der Waals surface area contributed by atoms with E-state index in [1.807, 2.05) is 30.1 Å². The summed E-state index contributed by atoms with van der Waals surface area (Å²) in [6, 6.07) is 8.28. The molecule has 1 atom stereocenters. The fourth-order valence-corrected chi connectivity index (χ4v) is 4.77. The van der Waals surface area contributed by atoms with Crippen molar-refractivity contribution in [1.82, 2.24) is 14.5 Å². The van der Waals surface area contributed by atoms with Crippen LogP contribution in [-0.2, 0) is 6.42 Å². The highest BCUT2D eigenvalue weighted by Crippen LogP contribution is 2.51. The number of halogens is 1. The summed E-state index contributed by atoms with van der Waals surface area (Å²) < 4.78 is 18.9. The third kappa shape index (κ3) is 3.16. The first kappa shape index (κ1) is 20.9. The molecular weight excluding hydrogens is 529 g/mol. The average Bonchev–Trinajstić information content (AvgIpc) is 3.23. The fraction of sp³-hybridized carbons (Fsp3) is 0.273. The van der Waals surface area contributed by atoms with E-state index >= 15 is 0 Å². The molecule has 166 valence electrons. The van der Waals surface area contributed by atoms with Crippen LogP contribution < -0.4 is 25.5 Å². The number of nitrogens with one attached hydrogen (secondary N) is 1. The van der Waals surface area contributed by atoms with Crippen molar-refractivity contribution in [2.75, 3.05) is 27.5 Å². The van der Waals surface area contributed by atoms with Gasteiger partial charge in [0.25, 0.3) is 5.56 Å². The van der Waals surface area contributed by atoms with Gasteiger partial charge in [0, 0.05) is 15.7 Å². The van der Waals surface area contributed by atoms with E-state index in [-0.39, 0.29) is 12.4 Å². The number of H-pyrrole nitrogens is 1. The second-order valence-corrected chi connectivity index (χ2v) is 8.90. The maximum atomic E-state index is 13.0. The Morgan fingerprint density at radius 2 is 1.94 bits per heavy atom. The van der Waals surface area contributed by atoms with Crippen molar-refractivity contribution in [3.8, 4) is 28.8 Å². The molecule has 3 aromatic rings. The van der Waals surface area contributed by atoms with E-state index in [0.29, 0.717) is 41.5 Å². The van der Waals surface area contributed by atoms with Crippen LogP contribution in [0.15, 0.2) is 39.9 Å². The topological polar surface area (TPSA) is 106 Å². The lowest BCUT2D eigenvalue weighted by molar-refractivity contribution is 0.170. The van der Waals surface area contributed by atoms with Crippen LogP contribution in [0.4, 0.5) is 0 Å². The number of aromatic amines is 1. The molecule has 3 heterocycles. The van der Waals surface area contributed by atoms with Gasteiger partial charge in [0.2, 0.25) is 18.4 Å². The zero-order valence-electron chi connectivity index (χ0n) is 17.3. The highest BCUT2D eigenvalue weighted by molar-refractivity contribution is 14.1. The average molecular weight is 549 g/mol. The number of benzene rings is 2. The van der Waals surface area contributed by atoms with Crippen LogP contribution in [0.25, 0.3) is 5.69 Å². The van der Waals surface area contributed by atoms with Crippen molar-refractivity contribution < 1.29 is 19.3 Å². The van der Waals surface area contributed by atoms with Gasteiger partial charge in [0.1, 0.15) is 0 Å². The smallest absolute Gasteiger partial charge is 0.335 e. The van der Waals surface area contributed by atoms with Crippen molar-refractivity contribution in [1.29, 1.82) is 0 Å². The van der Waals surface area contributed by atoms with E-state index in [9.17, 15) is 14.7 Å². The Bertz CT molecular complexity index is 1330. The molecule has 9 nitrogen and oxygen atoms in total. The predicted molar refractivity (Wildman–Crippen MR) is 124 cm³/mol. The number of nitrogens with zero attached hydrogens (tertiary/aromatic N) is 2. The molecule has 0 amide bonds. The normalized spacial score (nSPS) is 17.3. The monoisotopic (exact) mass is 549 g/mol. The predicted octanol–water partition coefficient (Wildman–Crippen LogP) is 2.15. The molecule has 0 saturated heterocycles. The number of fused-ring (bicyclic) bond motifs is 2. The molecule has 0 fully saturated rings. The highest BCUT2D eigenvalue weighted by atomic mass is 127. The Kier molecular flexibility index (Phi) is 5.13. The van der Waals surface area contributed by atoms with Gasteiger partial charge in [-0.25, -0.2) is 9.36 Å². The zero-order valence-corrected chi connectivity index (χ0v) is 19.5. The summed E-state index contributed by atoms with van der Waals surface area (Å²) in [5.41, 5.74) is 0.775. The molecule has 2 aromatic carbocycles. The van der Waals surface area contributed by atoms with Gasteiger partial charge in [-0.1, -0.05) is 0 Å². The van der Waals surface area contributed by atoms with E-state index < -0.39 is 23.2 Å².